The molecule has 0 unspecified atom stereocenters. The molecule has 0 aliphatic rings. The number of carbonyl (C=O) groups excluding carboxylic acids is 2. The molecular weight excluding hydrogens is 264 g/mol. The van der Waals surface area contributed by atoms with E-state index in [1.165, 1.54) is 25.7 Å². The SMILES string of the molecule is CCCCCC/C=C\COC(=O)CCCCC(=O)Cl. The molecule has 0 fully saturated rings. The molecule has 0 radical (unpaired) electrons. The highest BCUT2D eigenvalue weighted by Gasteiger charge is 2.02. The highest BCUT2D eigenvalue weighted by Crippen LogP contribution is 2.04. The van der Waals surface area contributed by atoms with Gasteiger partial charge in [0.2, 0.25) is 5.24 Å². The molecule has 0 aliphatic carbocycles. The van der Waals surface area contributed by atoms with Crippen LogP contribution in [0.2, 0.25) is 0 Å². The van der Waals surface area contributed by atoms with Crippen molar-refractivity contribution >= 4 is 22.8 Å². The second-order valence-corrected chi connectivity index (χ2v) is 4.99. The molecule has 0 rings (SSSR count). The number of halogens is 1. The first-order valence-corrected chi connectivity index (χ1v) is 7.53. The van der Waals surface area contributed by atoms with Crippen LogP contribution in [0.15, 0.2) is 12.2 Å². The minimum Gasteiger partial charge on any atom is -0.461 e. The Kier molecular flexibility index (Phi) is 13.0. The molecule has 0 aliphatic heterocycles. The first-order valence-electron chi connectivity index (χ1n) is 7.15. The Balaban J connectivity index is 3.32. The summed E-state index contributed by atoms with van der Waals surface area (Å²) in [5.74, 6) is -0.211. The number of allylic oxidation sites excluding steroid dienone is 1. The summed E-state index contributed by atoms with van der Waals surface area (Å²) >= 11 is 5.19. The molecule has 110 valence electrons. The molecule has 0 aromatic carbocycles. The van der Waals surface area contributed by atoms with Crippen LogP contribution >= 0.6 is 11.6 Å². The van der Waals surface area contributed by atoms with E-state index in [1.54, 1.807) is 0 Å². The average Bonchev–Trinajstić information content (AvgIpc) is 2.37. The van der Waals surface area contributed by atoms with Gasteiger partial charge < -0.3 is 4.74 Å². The molecule has 0 atom stereocenters. The van der Waals surface area contributed by atoms with Gasteiger partial charge in [-0.15, -0.1) is 0 Å². The van der Waals surface area contributed by atoms with Gasteiger partial charge in [0.25, 0.3) is 0 Å². The Bertz CT molecular complexity index is 275. The number of rotatable bonds is 12. The van der Waals surface area contributed by atoms with Crippen molar-refractivity contribution in [3.8, 4) is 0 Å². The lowest BCUT2D eigenvalue weighted by atomic mass is 10.1. The van der Waals surface area contributed by atoms with Gasteiger partial charge in [0.15, 0.2) is 0 Å². The van der Waals surface area contributed by atoms with E-state index in [4.69, 9.17) is 16.3 Å². The Morgan fingerprint density at radius 1 is 1.00 bits per heavy atom. The minimum atomic E-state index is -0.348. The summed E-state index contributed by atoms with van der Waals surface area (Å²) in [6.45, 7) is 2.54. The lowest BCUT2D eigenvalue weighted by molar-refractivity contribution is -0.142. The van der Waals surface area contributed by atoms with E-state index in [9.17, 15) is 9.59 Å². The standard InChI is InChI=1S/C15H25ClO3/c1-2-3-4-5-6-7-10-13-19-15(18)12-9-8-11-14(16)17/h7,10H,2-6,8-9,11-13H2,1H3/b10-7-. The normalized spacial score (nSPS) is 10.8. The zero-order valence-electron chi connectivity index (χ0n) is 11.8. The predicted molar refractivity (Wildman–Crippen MR) is 78.2 cm³/mol. The molecule has 0 amide bonds. The lowest BCUT2D eigenvalue weighted by Crippen LogP contribution is -2.04. The third-order valence-electron chi connectivity index (χ3n) is 2.74. The van der Waals surface area contributed by atoms with Crippen molar-refractivity contribution in [1.29, 1.82) is 0 Å². The fraction of sp³-hybridized carbons (Fsp3) is 0.733. The van der Waals surface area contributed by atoms with E-state index < -0.39 is 0 Å². The van der Waals surface area contributed by atoms with Crippen LogP contribution in [0, 0.1) is 0 Å². The molecule has 0 bridgehead atoms. The van der Waals surface area contributed by atoms with Crippen LogP contribution in [-0.2, 0) is 14.3 Å². The second kappa shape index (κ2) is 13.6. The molecule has 0 saturated heterocycles. The number of ether oxygens (including phenoxy) is 1. The van der Waals surface area contributed by atoms with E-state index in [2.05, 4.69) is 13.0 Å². The lowest BCUT2D eigenvalue weighted by Gasteiger charge is -2.01. The first kappa shape index (κ1) is 18.2. The topological polar surface area (TPSA) is 43.4 Å². The molecule has 4 heteroatoms. The summed E-state index contributed by atoms with van der Waals surface area (Å²) in [6.07, 6.45) is 12.0. The first-order chi connectivity index (χ1) is 9.16. The second-order valence-electron chi connectivity index (χ2n) is 4.57. The van der Waals surface area contributed by atoms with Crippen LogP contribution in [0.25, 0.3) is 0 Å². The Morgan fingerprint density at radius 2 is 1.74 bits per heavy atom. The molecular formula is C15H25ClO3. The van der Waals surface area contributed by atoms with Gasteiger partial charge in [0.05, 0.1) is 0 Å². The summed E-state index contributed by atoms with van der Waals surface area (Å²) in [7, 11) is 0. The van der Waals surface area contributed by atoms with Crippen LogP contribution in [0.4, 0.5) is 0 Å². The number of hydrogen-bond donors (Lipinski definition) is 0. The highest BCUT2D eigenvalue weighted by molar-refractivity contribution is 6.63. The van der Waals surface area contributed by atoms with Gasteiger partial charge in [0, 0.05) is 12.8 Å². The van der Waals surface area contributed by atoms with E-state index in [-0.39, 0.29) is 11.2 Å². The molecule has 0 aromatic heterocycles. The number of hydrogen-bond acceptors (Lipinski definition) is 3. The smallest absolute Gasteiger partial charge is 0.306 e. The quantitative estimate of drug-likeness (QED) is 0.232. The minimum absolute atomic E-state index is 0.211. The summed E-state index contributed by atoms with van der Waals surface area (Å²) in [5, 5.41) is -0.348. The zero-order valence-corrected chi connectivity index (χ0v) is 12.6. The number of esters is 1. The van der Waals surface area contributed by atoms with E-state index in [0.717, 1.165) is 6.42 Å². The van der Waals surface area contributed by atoms with Crippen molar-refractivity contribution in [3.05, 3.63) is 12.2 Å². The Labute approximate surface area is 121 Å². The fourth-order valence-corrected chi connectivity index (χ4v) is 1.76. The van der Waals surface area contributed by atoms with Crippen LogP contribution < -0.4 is 0 Å². The summed E-state index contributed by atoms with van der Waals surface area (Å²) < 4.78 is 5.03. The van der Waals surface area contributed by atoms with Crippen molar-refractivity contribution in [1.82, 2.24) is 0 Å². The molecule has 0 spiro atoms. The molecule has 3 nitrogen and oxygen atoms in total. The van der Waals surface area contributed by atoms with Crippen molar-refractivity contribution < 1.29 is 14.3 Å². The maximum absolute atomic E-state index is 11.3. The van der Waals surface area contributed by atoms with Gasteiger partial charge in [-0.2, -0.15) is 0 Å². The largest absolute Gasteiger partial charge is 0.461 e. The Hall–Kier alpha value is -0.830. The van der Waals surface area contributed by atoms with Crippen LogP contribution in [0.1, 0.15) is 64.7 Å². The van der Waals surface area contributed by atoms with Crippen LogP contribution in [0.3, 0.4) is 0 Å². The molecule has 0 saturated carbocycles. The molecule has 0 aromatic rings. The molecule has 19 heavy (non-hydrogen) atoms. The Morgan fingerprint density at radius 3 is 2.42 bits per heavy atom. The van der Waals surface area contributed by atoms with Crippen molar-refractivity contribution in [3.63, 3.8) is 0 Å². The maximum atomic E-state index is 11.3. The van der Waals surface area contributed by atoms with Gasteiger partial charge in [-0.25, -0.2) is 0 Å². The highest BCUT2D eigenvalue weighted by atomic mass is 35.5. The zero-order chi connectivity index (χ0) is 14.3. The van der Waals surface area contributed by atoms with E-state index in [0.29, 0.717) is 32.3 Å². The molecule has 0 heterocycles. The van der Waals surface area contributed by atoms with E-state index >= 15 is 0 Å². The monoisotopic (exact) mass is 288 g/mol. The number of carbonyl (C=O) groups is 2. The van der Waals surface area contributed by atoms with Gasteiger partial charge in [-0.05, 0) is 37.3 Å². The van der Waals surface area contributed by atoms with Gasteiger partial charge in [0.1, 0.15) is 6.61 Å². The van der Waals surface area contributed by atoms with Gasteiger partial charge in [-0.1, -0.05) is 38.3 Å². The predicted octanol–water partition coefficient (Wildman–Crippen LogP) is 4.38. The van der Waals surface area contributed by atoms with Crippen molar-refractivity contribution in [2.45, 2.75) is 64.7 Å². The van der Waals surface area contributed by atoms with E-state index in [1.807, 2.05) is 6.08 Å². The van der Waals surface area contributed by atoms with Gasteiger partial charge >= 0.3 is 5.97 Å². The fourth-order valence-electron chi connectivity index (χ4n) is 1.62. The average molecular weight is 289 g/mol. The summed E-state index contributed by atoms with van der Waals surface area (Å²) in [5.41, 5.74) is 0. The molecule has 0 N–H and O–H groups in total. The van der Waals surface area contributed by atoms with Crippen molar-refractivity contribution in [2.24, 2.45) is 0 Å². The maximum Gasteiger partial charge on any atom is 0.306 e. The van der Waals surface area contributed by atoms with Crippen LogP contribution in [-0.4, -0.2) is 17.8 Å². The summed E-state index contributed by atoms with van der Waals surface area (Å²) in [4.78, 5) is 21.8. The third kappa shape index (κ3) is 15.1. The third-order valence-corrected chi connectivity index (χ3v) is 2.92. The van der Waals surface area contributed by atoms with Crippen molar-refractivity contribution in [2.75, 3.05) is 6.61 Å². The number of unbranched alkanes of at least 4 members (excludes halogenated alkanes) is 5. The summed E-state index contributed by atoms with van der Waals surface area (Å²) in [6, 6.07) is 0. The van der Waals surface area contributed by atoms with Crippen LogP contribution in [0.5, 0.6) is 0 Å². The van der Waals surface area contributed by atoms with Gasteiger partial charge in [-0.3, -0.25) is 9.59 Å².